The second kappa shape index (κ2) is 4.74. The Morgan fingerprint density at radius 1 is 1.50 bits per heavy atom. The Balaban J connectivity index is 1.94. The Morgan fingerprint density at radius 2 is 2.38 bits per heavy atom. The summed E-state index contributed by atoms with van der Waals surface area (Å²) >= 11 is 0. The zero-order chi connectivity index (χ0) is 11.4. The Labute approximate surface area is 93.2 Å². The number of rotatable bonds is 4. The van der Waals surface area contributed by atoms with Gasteiger partial charge < -0.3 is 9.88 Å². The Morgan fingerprint density at radius 3 is 3.06 bits per heavy atom. The lowest BCUT2D eigenvalue weighted by atomic mass is 10.3. The molecule has 0 fully saturated rings. The van der Waals surface area contributed by atoms with Crippen molar-refractivity contribution in [1.29, 1.82) is 0 Å². The molecule has 0 radical (unpaired) electrons. The van der Waals surface area contributed by atoms with E-state index >= 15 is 0 Å². The van der Waals surface area contributed by atoms with Gasteiger partial charge in [0.25, 0.3) is 0 Å². The van der Waals surface area contributed by atoms with Gasteiger partial charge in [-0.25, -0.2) is 9.97 Å². The molecule has 84 valence electrons. The zero-order valence-corrected chi connectivity index (χ0v) is 8.97. The number of nitrogens with zero attached hydrogens (tertiary/aromatic N) is 3. The van der Waals surface area contributed by atoms with Crippen LogP contribution in [-0.2, 0) is 6.54 Å². The van der Waals surface area contributed by atoms with Crippen LogP contribution < -0.4 is 5.32 Å². The zero-order valence-electron chi connectivity index (χ0n) is 8.97. The van der Waals surface area contributed by atoms with E-state index in [1.165, 1.54) is 6.07 Å². The molecular formula is C11H13FN4. The van der Waals surface area contributed by atoms with Crippen LogP contribution in [0.25, 0.3) is 0 Å². The molecule has 0 aliphatic rings. The highest BCUT2D eigenvalue weighted by Gasteiger charge is 2.04. The second-order valence-corrected chi connectivity index (χ2v) is 3.65. The van der Waals surface area contributed by atoms with Crippen molar-refractivity contribution in [2.75, 3.05) is 5.32 Å². The van der Waals surface area contributed by atoms with Gasteiger partial charge in [0.15, 0.2) is 0 Å². The van der Waals surface area contributed by atoms with Crippen molar-refractivity contribution in [2.45, 2.75) is 19.5 Å². The molecule has 0 aliphatic heterocycles. The highest BCUT2D eigenvalue weighted by Crippen LogP contribution is 2.06. The van der Waals surface area contributed by atoms with E-state index in [9.17, 15) is 4.39 Å². The number of nitrogens with one attached hydrogen (secondary N) is 1. The molecule has 2 rings (SSSR count). The lowest BCUT2D eigenvalue weighted by Gasteiger charge is -2.14. The summed E-state index contributed by atoms with van der Waals surface area (Å²) in [5.74, 6) is 0.0763. The van der Waals surface area contributed by atoms with Gasteiger partial charge in [-0.1, -0.05) is 6.07 Å². The molecule has 5 heteroatoms. The van der Waals surface area contributed by atoms with E-state index in [4.69, 9.17) is 0 Å². The average molecular weight is 220 g/mol. The Bertz CT molecular complexity index is 441. The Kier molecular flexibility index (Phi) is 3.14. The molecule has 4 nitrogen and oxygen atoms in total. The number of anilines is 1. The maximum atomic E-state index is 12.8. The molecule has 0 saturated carbocycles. The highest BCUT2D eigenvalue weighted by molar-refractivity contribution is 5.34. The number of pyridine rings is 1. The molecule has 1 unspecified atom stereocenters. The van der Waals surface area contributed by atoms with Crippen molar-refractivity contribution in [2.24, 2.45) is 0 Å². The molecule has 16 heavy (non-hydrogen) atoms. The standard InChI is InChI=1S/C11H13FN4/c1-9(7-16-6-5-13-8-16)14-11-4-2-3-10(12)15-11/h2-6,8-9H,7H2,1H3,(H,14,15). The average Bonchev–Trinajstić information content (AvgIpc) is 2.70. The van der Waals surface area contributed by atoms with Gasteiger partial charge in [0.05, 0.1) is 6.33 Å². The smallest absolute Gasteiger partial charge is 0.214 e. The van der Waals surface area contributed by atoms with E-state index in [1.807, 2.05) is 17.7 Å². The molecule has 0 bridgehead atoms. The molecule has 0 aliphatic carbocycles. The van der Waals surface area contributed by atoms with Gasteiger partial charge in [-0.05, 0) is 19.1 Å². The van der Waals surface area contributed by atoms with Crippen LogP contribution in [0, 0.1) is 5.95 Å². The molecule has 1 atom stereocenters. The van der Waals surface area contributed by atoms with Crippen molar-refractivity contribution in [3.63, 3.8) is 0 Å². The van der Waals surface area contributed by atoms with E-state index in [2.05, 4.69) is 15.3 Å². The van der Waals surface area contributed by atoms with Crippen molar-refractivity contribution in [1.82, 2.24) is 14.5 Å². The quantitative estimate of drug-likeness (QED) is 0.800. The summed E-state index contributed by atoms with van der Waals surface area (Å²) in [5, 5.41) is 3.12. The fourth-order valence-electron chi connectivity index (χ4n) is 1.50. The first-order valence-corrected chi connectivity index (χ1v) is 5.09. The van der Waals surface area contributed by atoms with Crippen LogP contribution in [0.5, 0.6) is 0 Å². The number of hydrogen-bond donors (Lipinski definition) is 1. The Hall–Kier alpha value is -1.91. The monoisotopic (exact) mass is 220 g/mol. The summed E-state index contributed by atoms with van der Waals surface area (Å²) in [5.41, 5.74) is 0. The fraction of sp³-hybridized carbons (Fsp3) is 0.273. The van der Waals surface area contributed by atoms with Crippen molar-refractivity contribution in [3.8, 4) is 0 Å². The van der Waals surface area contributed by atoms with Gasteiger partial charge in [0.2, 0.25) is 5.95 Å². The van der Waals surface area contributed by atoms with E-state index in [-0.39, 0.29) is 6.04 Å². The summed E-state index contributed by atoms with van der Waals surface area (Å²) < 4.78 is 14.8. The third kappa shape index (κ3) is 2.79. The first-order chi connectivity index (χ1) is 7.74. The minimum atomic E-state index is -0.472. The molecule has 0 saturated heterocycles. The minimum absolute atomic E-state index is 0.156. The van der Waals surface area contributed by atoms with Crippen LogP contribution in [0.15, 0.2) is 36.9 Å². The largest absolute Gasteiger partial charge is 0.366 e. The minimum Gasteiger partial charge on any atom is -0.366 e. The topological polar surface area (TPSA) is 42.7 Å². The van der Waals surface area contributed by atoms with Crippen LogP contribution in [0.1, 0.15) is 6.92 Å². The maximum absolute atomic E-state index is 12.8. The van der Waals surface area contributed by atoms with Crippen LogP contribution in [0.3, 0.4) is 0 Å². The van der Waals surface area contributed by atoms with Gasteiger partial charge in [-0.2, -0.15) is 4.39 Å². The molecule has 0 aromatic carbocycles. The lowest BCUT2D eigenvalue weighted by Crippen LogP contribution is -2.21. The SMILES string of the molecule is CC(Cn1ccnc1)Nc1cccc(F)n1. The van der Waals surface area contributed by atoms with Gasteiger partial charge in [-0.3, -0.25) is 0 Å². The van der Waals surface area contributed by atoms with Gasteiger partial charge >= 0.3 is 0 Å². The fourth-order valence-corrected chi connectivity index (χ4v) is 1.50. The van der Waals surface area contributed by atoms with Gasteiger partial charge in [-0.15, -0.1) is 0 Å². The predicted molar refractivity (Wildman–Crippen MR) is 59.5 cm³/mol. The number of aromatic nitrogens is 3. The van der Waals surface area contributed by atoms with Crippen LogP contribution in [-0.4, -0.2) is 20.6 Å². The van der Waals surface area contributed by atoms with E-state index in [0.29, 0.717) is 5.82 Å². The summed E-state index contributed by atoms with van der Waals surface area (Å²) in [6.07, 6.45) is 5.36. The molecule has 2 aromatic rings. The molecule has 2 heterocycles. The molecule has 0 spiro atoms. The molecule has 0 amide bonds. The second-order valence-electron chi connectivity index (χ2n) is 3.65. The number of imidazole rings is 1. The lowest BCUT2D eigenvalue weighted by molar-refractivity contribution is 0.579. The summed E-state index contributed by atoms with van der Waals surface area (Å²) in [7, 11) is 0. The first-order valence-electron chi connectivity index (χ1n) is 5.09. The summed E-state index contributed by atoms with van der Waals surface area (Å²) in [6.45, 7) is 2.77. The maximum Gasteiger partial charge on any atom is 0.214 e. The third-order valence-electron chi connectivity index (χ3n) is 2.15. The van der Waals surface area contributed by atoms with Gasteiger partial charge in [0, 0.05) is 25.0 Å². The first kappa shape index (κ1) is 10.6. The van der Waals surface area contributed by atoms with E-state index in [0.717, 1.165) is 6.54 Å². The number of hydrogen-bond acceptors (Lipinski definition) is 3. The van der Waals surface area contributed by atoms with Crippen LogP contribution in [0.2, 0.25) is 0 Å². The van der Waals surface area contributed by atoms with Crippen molar-refractivity contribution >= 4 is 5.82 Å². The molecule has 1 N–H and O–H groups in total. The summed E-state index contributed by atoms with van der Waals surface area (Å²) in [6, 6.07) is 4.86. The van der Waals surface area contributed by atoms with Crippen LogP contribution in [0.4, 0.5) is 10.2 Å². The summed E-state index contributed by atoms with van der Waals surface area (Å²) in [4.78, 5) is 7.70. The molecular weight excluding hydrogens is 207 g/mol. The number of halogens is 1. The van der Waals surface area contributed by atoms with Crippen molar-refractivity contribution < 1.29 is 4.39 Å². The highest BCUT2D eigenvalue weighted by atomic mass is 19.1. The molecule has 2 aromatic heterocycles. The third-order valence-corrected chi connectivity index (χ3v) is 2.15. The van der Waals surface area contributed by atoms with Gasteiger partial charge in [0.1, 0.15) is 5.82 Å². The normalized spacial score (nSPS) is 12.4. The van der Waals surface area contributed by atoms with E-state index in [1.54, 1.807) is 24.7 Å². The predicted octanol–water partition coefficient (Wildman–Crippen LogP) is 1.92. The van der Waals surface area contributed by atoms with Crippen LogP contribution >= 0.6 is 0 Å². The van der Waals surface area contributed by atoms with Crippen molar-refractivity contribution in [3.05, 3.63) is 42.9 Å². The van der Waals surface area contributed by atoms with E-state index < -0.39 is 5.95 Å².